The summed E-state index contributed by atoms with van der Waals surface area (Å²) in [5, 5.41) is 9.46. The molecule has 5 nitrogen and oxygen atoms in total. The first-order valence-electron chi connectivity index (χ1n) is 6.57. The van der Waals surface area contributed by atoms with Crippen LogP contribution in [0.4, 0.5) is 0 Å². The zero-order chi connectivity index (χ0) is 14.7. The van der Waals surface area contributed by atoms with Crippen LogP contribution in [0.2, 0.25) is 0 Å². The molecular weight excluding hydrogens is 296 g/mol. The Labute approximate surface area is 126 Å². The molecule has 1 saturated heterocycles. The standard InChI is InChI=1S/C13H18N2O3S2/c1-3-9-11(20-5-4-19-9)12-14-7(2)8(6-10(16)17)13(18)15-12/h9,11H,3-6H2,1-2H3,(H,16,17)(H,14,15,18). The first-order chi connectivity index (χ1) is 9.52. The van der Waals surface area contributed by atoms with Gasteiger partial charge in [0, 0.05) is 28.0 Å². The van der Waals surface area contributed by atoms with E-state index >= 15 is 0 Å². The smallest absolute Gasteiger partial charge is 0.308 e. The van der Waals surface area contributed by atoms with Crippen LogP contribution < -0.4 is 5.56 Å². The van der Waals surface area contributed by atoms with Crippen LogP contribution in [0, 0.1) is 6.92 Å². The van der Waals surface area contributed by atoms with E-state index in [9.17, 15) is 9.59 Å². The SMILES string of the molecule is CCC1SCCSC1c1nc(C)c(CC(=O)O)c(=O)[nH]1. The summed E-state index contributed by atoms with van der Waals surface area (Å²) in [7, 11) is 0. The summed E-state index contributed by atoms with van der Waals surface area (Å²) >= 11 is 3.73. The maximum atomic E-state index is 12.1. The Balaban J connectivity index is 2.34. The molecule has 7 heteroatoms. The van der Waals surface area contributed by atoms with E-state index in [4.69, 9.17) is 5.11 Å². The van der Waals surface area contributed by atoms with Crippen molar-refractivity contribution >= 4 is 29.5 Å². The fourth-order valence-electron chi connectivity index (χ4n) is 2.28. The quantitative estimate of drug-likeness (QED) is 0.884. The molecule has 2 atom stereocenters. The van der Waals surface area contributed by atoms with Crippen LogP contribution in [0.5, 0.6) is 0 Å². The number of aliphatic carboxylic acids is 1. The Morgan fingerprint density at radius 2 is 2.15 bits per heavy atom. The highest BCUT2D eigenvalue weighted by Crippen LogP contribution is 2.42. The number of nitrogens with zero attached hydrogens (tertiary/aromatic N) is 1. The lowest BCUT2D eigenvalue weighted by atomic mass is 10.1. The van der Waals surface area contributed by atoms with Crippen molar-refractivity contribution < 1.29 is 9.90 Å². The van der Waals surface area contributed by atoms with Gasteiger partial charge < -0.3 is 10.1 Å². The third kappa shape index (κ3) is 3.38. The highest BCUT2D eigenvalue weighted by molar-refractivity contribution is 8.06. The summed E-state index contributed by atoms with van der Waals surface area (Å²) in [5.41, 5.74) is 0.459. The van der Waals surface area contributed by atoms with Gasteiger partial charge in [0.05, 0.1) is 11.7 Å². The molecule has 0 aromatic carbocycles. The van der Waals surface area contributed by atoms with Crippen molar-refractivity contribution in [2.75, 3.05) is 11.5 Å². The van der Waals surface area contributed by atoms with Gasteiger partial charge in [0.2, 0.25) is 0 Å². The number of rotatable bonds is 4. The minimum absolute atomic E-state index is 0.184. The molecule has 110 valence electrons. The summed E-state index contributed by atoms with van der Waals surface area (Å²) in [4.78, 5) is 30.1. The molecule has 2 N–H and O–H groups in total. The normalized spacial score (nSPS) is 22.7. The summed E-state index contributed by atoms with van der Waals surface area (Å²) in [6, 6.07) is 0. The molecule has 0 bridgehead atoms. The number of carbonyl (C=O) groups is 1. The van der Waals surface area contributed by atoms with Crippen molar-refractivity contribution in [3.63, 3.8) is 0 Å². The second-order valence-corrected chi connectivity index (χ2v) is 7.29. The minimum Gasteiger partial charge on any atom is -0.481 e. The van der Waals surface area contributed by atoms with Gasteiger partial charge in [0.25, 0.3) is 5.56 Å². The molecule has 2 rings (SSSR count). The van der Waals surface area contributed by atoms with Crippen molar-refractivity contribution in [2.45, 2.75) is 37.2 Å². The van der Waals surface area contributed by atoms with E-state index in [2.05, 4.69) is 16.9 Å². The zero-order valence-corrected chi connectivity index (χ0v) is 13.1. The molecule has 0 spiro atoms. The lowest BCUT2D eigenvalue weighted by Crippen LogP contribution is -2.26. The van der Waals surface area contributed by atoms with Crippen LogP contribution in [0.3, 0.4) is 0 Å². The predicted octanol–water partition coefficient (Wildman–Crippen LogP) is 2.01. The van der Waals surface area contributed by atoms with Crippen LogP contribution in [-0.4, -0.2) is 37.8 Å². The van der Waals surface area contributed by atoms with Crippen LogP contribution in [0.25, 0.3) is 0 Å². The predicted molar refractivity (Wildman–Crippen MR) is 82.7 cm³/mol. The van der Waals surface area contributed by atoms with Crippen LogP contribution in [-0.2, 0) is 11.2 Å². The van der Waals surface area contributed by atoms with Gasteiger partial charge in [0.1, 0.15) is 5.82 Å². The van der Waals surface area contributed by atoms with Crippen molar-refractivity contribution in [3.05, 3.63) is 27.4 Å². The van der Waals surface area contributed by atoms with E-state index in [1.165, 1.54) is 0 Å². The Bertz CT molecular complexity index is 559. The molecule has 0 radical (unpaired) electrons. The van der Waals surface area contributed by atoms with E-state index in [1.807, 2.05) is 23.5 Å². The van der Waals surface area contributed by atoms with E-state index < -0.39 is 5.97 Å². The number of thioether (sulfide) groups is 2. The number of carboxylic acid groups (broad SMARTS) is 1. The highest BCUT2D eigenvalue weighted by Gasteiger charge is 2.29. The summed E-state index contributed by atoms with van der Waals surface area (Å²) in [6.07, 6.45) is 0.750. The van der Waals surface area contributed by atoms with Gasteiger partial charge in [-0.2, -0.15) is 11.8 Å². The number of hydrogen-bond acceptors (Lipinski definition) is 5. The van der Waals surface area contributed by atoms with Gasteiger partial charge in [-0.15, -0.1) is 11.8 Å². The molecule has 0 aliphatic carbocycles. The van der Waals surface area contributed by atoms with E-state index in [-0.39, 0.29) is 22.8 Å². The number of aryl methyl sites for hydroxylation is 1. The average molecular weight is 314 g/mol. The number of hydrogen-bond donors (Lipinski definition) is 2. The monoisotopic (exact) mass is 314 g/mol. The molecule has 1 aliphatic rings. The van der Waals surface area contributed by atoms with Crippen LogP contribution in [0.15, 0.2) is 4.79 Å². The molecule has 2 unspecified atom stereocenters. The molecule has 0 amide bonds. The number of nitrogens with one attached hydrogen (secondary N) is 1. The maximum Gasteiger partial charge on any atom is 0.308 e. The van der Waals surface area contributed by atoms with Gasteiger partial charge >= 0.3 is 5.97 Å². The van der Waals surface area contributed by atoms with Crippen LogP contribution >= 0.6 is 23.5 Å². The fraction of sp³-hybridized carbons (Fsp3) is 0.615. The topological polar surface area (TPSA) is 83.0 Å². The third-order valence-corrected chi connectivity index (χ3v) is 6.55. The van der Waals surface area contributed by atoms with Gasteiger partial charge in [-0.1, -0.05) is 6.92 Å². The van der Waals surface area contributed by atoms with Gasteiger partial charge in [0.15, 0.2) is 0 Å². The number of aromatic amines is 1. The van der Waals surface area contributed by atoms with Crippen molar-refractivity contribution in [2.24, 2.45) is 0 Å². The van der Waals surface area contributed by atoms with E-state index in [1.54, 1.807) is 6.92 Å². The first kappa shape index (κ1) is 15.4. The summed E-state index contributed by atoms with van der Waals surface area (Å²) in [5.74, 6) is 1.85. The van der Waals surface area contributed by atoms with Gasteiger partial charge in [-0.25, -0.2) is 4.98 Å². The fourth-order valence-corrected chi connectivity index (χ4v) is 5.30. The van der Waals surface area contributed by atoms with Gasteiger partial charge in [-0.05, 0) is 13.3 Å². The second kappa shape index (κ2) is 6.67. The van der Waals surface area contributed by atoms with Crippen LogP contribution in [0.1, 0.15) is 35.7 Å². The second-order valence-electron chi connectivity index (χ2n) is 4.69. The highest BCUT2D eigenvalue weighted by atomic mass is 32.2. The lowest BCUT2D eigenvalue weighted by Gasteiger charge is -2.29. The molecule has 2 heterocycles. The van der Waals surface area contributed by atoms with Crippen molar-refractivity contribution in [1.29, 1.82) is 0 Å². The molecule has 1 aromatic heterocycles. The molecule has 0 saturated carbocycles. The first-order valence-corrected chi connectivity index (χ1v) is 8.67. The van der Waals surface area contributed by atoms with E-state index in [0.29, 0.717) is 16.8 Å². The minimum atomic E-state index is -1.01. The Morgan fingerprint density at radius 3 is 2.75 bits per heavy atom. The number of carboxylic acids is 1. The molecule has 20 heavy (non-hydrogen) atoms. The Hall–Kier alpha value is -0.950. The lowest BCUT2D eigenvalue weighted by molar-refractivity contribution is -0.136. The summed E-state index contributed by atoms with van der Waals surface area (Å²) in [6.45, 7) is 3.85. The number of aromatic nitrogens is 2. The number of H-pyrrole nitrogens is 1. The molecule has 1 fully saturated rings. The zero-order valence-electron chi connectivity index (χ0n) is 11.5. The Morgan fingerprint density at radius 1 is 1.45 bits per heavy atom. The molecule has 1 aliphatic heterocycles. The van der Waals surface area contributed by atoms with Crippen molar-refractivity contribution in [3.8, 4) is 0 Å². The maximum absolute atomic E-state index is 12.1. The third-order valence-electron chi connectivity index (χ3n) is 3.29. The Kier molecular flexibility index (Phi) is 5.15. The molecule has 1 aromatic rings. The van der Waals surface area contributed by atoms with E-state index in [0.717, 1.165) is 17.9 Å². The van der Waals surface area contributed by atoms with Gasteiger partial charge in [-0.3, -0.25) is 9.59 Å². The average Bonchev–Trinajstić information content (AvgIpc) is 2.42. The largest absolute Gasteiger partial charge is 0.481 e. The van der Waals surface area contributed by atoms with Crippen molar-refractivity contribution in [1.82, 2.24) is 9.97 Å². The summed E-state index contributed by atoms with van der Waals surface area (Å²) < 4.78 is 0. The molecular formula is C13H18N2O3S2.